The molecule has 0 spiro atoms. The number of rotatable bonds is 7. The summed E-state index contributed by atoms with van der Waals surface area (Å²) in [5, 5.41) is 13.1. The molecule has 1 rings (SSSR count). The number of amides is 2. The molecule has 104 valence electrons. The highest BCUT2D eigenvalue weighted by Crippen LogP contribution is 2.07. The third-order valence-electron chi connectivity index (χ3n) is 2.40. The van der Waals surface area contributed by atoms with E-state index < -0.39 is 5.97 Å². The molecule has 6 nitrogen and oxygen atoms in total. The summed E-state index contributed by atoms with van der Waals surface area (Å²) >= 11 is 1.35. The van der Waals surface area contributed by atoms with Crippen LogP contribution in [0.3, 0.4) is 0 Å². The minimum Gasteiger partial charge on any atom is -0.480 e. The molecule has 1 heterocycles. The molecule has 2 N–H and O–H groups in total. The largest absolute Gasteiger partial charge is 0.480 e. The van der Waals surface area contributed by atoms with E-state index in [4.69, 9.17) is 5.11 Å². The maximum Gasteiger partial charge on any atom is 0.323 e. The Kier molecular flexibility index (Phi) is 6.01. The first-order valence-electron chi connectivity index (χ1n) is 5.78. The number of hydrogen-bond acceptors (Lipinski definition) is 4. The molecule has 7 heteroatoms. The molecule has 0 unspecified atom stereocenters. The van der Waals surface area contributed by atoms with Gasteiger partial charge in [0.05, 0.1) is 4.88 Å². The Morgan fingerprint density at radius 3 is 2.74 bits per heavy atom. The van der Waals surface area contributed by atoms with E-state index in [1.54, 1.807) is 12.1 Å². The van der Waals surface area contributed by atoms with Gasteiger partial charge in [0.25, 0.3) is 5.91 Å². The number of hydrogen-bond donors (Lipinski definition) is 2. The van der Waals surface area contributed by atoms with Crippen molar-refractivity contribution in [3.63, 3.8) is 0 Å². The van der Waals surface area contributed by atoms with Crippen molar-refractivity contribution < 1.29 is 19.5 Å². The summed E-state index contributed by atoms with van der Waals surface area (Å²) in [4.78, 5) is 35.3. The van der Waals surface area contributed by atoms with E-state index in [1.165, 1.54) is 18.4 Å². The Labute approximate surface area is 115 Å². The highest BCUT2D eigenvalue weighted by atomic mass is 32.1. The molecule has 0 atom stereocenters. The lowest BCUT2D eigenvalue weighted by molar-refractivity contribution is -0.143. The summed E-state index contributed by atoms with van der Waals surface area (Å²) in [5.74, 6) is -1.43. The van der Waals surface area contributed by atoms with Crippen molar-refractivity contribution >= 4 is 29.1 Å². The number of likely N-dealkylation sites (N-methyl/N-ethyl adjacent to an activating group) is 1. The van der Waals surface area contributed by atoms with Crippen LogP contribution in [0.1, 0.15) is 22.5 Å². The van der Waals surface area contributed by atoms with Crippen molar-refractivity contribution in [1.82, 2.24) is 10.2 Å². The van der Waals surface area contributed by atoms with Crippen LogP contribution in [0.2, 0.25) is 0 Å². The predicted molar refractivity (Wildman–Crippen MR) is 71.2 cm³/mol. The topological polar surface area (TPSA) is 86.7 Å². The quantitative estimate of drug-likeness (QED) is 0.725. The van der Waals surface area contributed by atoms with E-state index in [0.29, 0.717) is 17.8 Å². The van der Waals surface area contributed by atoms with E-state index in [1.807, 2.05) is 5.38 Å². The molecule has 0 saturated heterocycles. The van der Waals surface area contributed by atoms with E-state index in [9.17, 15) is 14.4 Å². The van der Waals surface area contributed by atoms with Gasteiger partial charge in [0, 0.05) is 20.0 Å². The third-order valence-corrected chi connectivity index (χ3v) is 3.26. The SMILES string of the molecule is CN(CC(=O)O)C(=O)CCCNC(=O)c1cccs1. The molecular weight excluding hydrogens is 268 g/mol. The van der Waals surface area contributed by atoms with Gasteiger partial charge in [-0.1, -0.05) is 6.07 Å². The van der Waals surface area contributed by atoms with Crippen LogP contribution in [0.15, 0.2) is 17.5 Å². The van der Waals surface area contributed by atoms with Gasteiger partial charge >= 0.3 is 5.97 Å². The zero-order valence-corrected chi connectivity index (χ0v) is 11.4. The van der Waals surface area contributed by atoms with Crippen molar-refractivity contribution in [2.75, 3.05) is 20.1 Å². The number of nitrogens with zero attached hydrogens (tertiary/aromatic N) is 1. The van der Waals surface area contributed by atoms with E-state index in [-0.39, 0.29) is 24.8 Å². The first-order valence-corrected chi connectivity index (χ1v) is 6.66. The molecule has 2 amide bonds. The zero-order chi connectivity index (χ0) is 14.3. The van der Waals surface area contributed by atoms with Crippen LogP contribution >= 0.6 is 11.3 Å². The second kappa shape index (κ2) is 7.52. The Balaban J connectivity index is 2.18. The summed E-state index contributed by atoms with van der Waals surface area (Å²) in [7, 11) is 1.45. The van der Waals surface area contributed by atoms with Crippen molar-refractivity contribution in [2.24, 2.45) is 0 Å². The first-order chi connectivity index (χ1) is 9.00. The Hall–Kier alpha value is -1.89. The van der Waals surface area contributed by atoms with Gasteiger partial charge in [-0.15, -0.1) is 11.3 Å². The fraction of sp³-hybridized carbons (Fsp3) is 0.417. The average Bonchev–Trinajstić information content (AvgIpc) is 2.86. The normalized spacial score (nSPS) is 9.95. The molecule has 0 aliphatic carbocycles. The smallest absolute Gasteiger partial charge is 0.323 e. The maximum atomic E-state index is 11.6. The fourth-order valence-corrected chi connectivity index (χ4v) is 2.06. The van der Waals surface area contributed by atoms with Crippen LogP contribution in [0.5, 0.6) is 0 Å². The van der Waals surface area contributed by atoms with Crippen LogP contribution < -0.4 is 5.32 Å². The number of carbonyl (C=O) groups is 3. The third kappa shape index (κ3) is 5.52. The molecule has 0 aliphatic rings. The Bertz CT molecular complexity index is 445. The van der Waals surface area contributed by atoms with Crippen molar-refractivity contribution in [3.8, 4) is 0 Å². The molecule has 0 aromatic carbocycles. The highest BCUT2D eigenvalue weighted by molar-refractivity contribution is 7.12. The molecule has 19 heavy (non-hydrogen) atoms. The van der Waals surface area contributed by atoms with Crippen LogP contribution in [0, 0.1) is 0 Å². The number of carbonyl (C=O) groups excluding carboxylic acids is 2. The van der Waals surface area contributed by atoms with Gasteiger partial charge in [0.2, 0.25) is 5.91 Å². The van der Waals surface area contributed by atoms with Crippen molar-refractivity contribution in [3.05, 3.63) is 22.4 Å². The maximum absolute atomic E-state index is 11.6. The first kappa shape index (κ1) is 15.2. The van der Waals surface area contributed by atoms with E-state index in [2.05, 4.69) is 5.32 Å². The number of carboxylic acid groups (broad SMARTS) is 1. The summed E-state index contributed by atoms with van der Waals surface area (Å²) in [6.07, 6.45) is 0.703. The van der Waals surface area contributed by atoms with Gasteiger partial charge < -0.3 is 15.3 Å². The van der Waals surface area contributed by atoms with Gasteiger partial charge in [-0.05, 0) is 17.9 Å². The molecule has 0 aliphatic heterocycles. The lowest BCUT2D eigenvalue weighted by Gasteiger charge is -2.14. The van der Waals surface area contributed by atoms with Crippen molar-refractivity contribution in [1.29, 1.82) is 0 Å². The number of nitrogens with one attached hydrogen (secondary N) is 1. The lowest BCUT2D eigenvalue weighted by Crippen LogP contribution is -2.32. The second-order valence-corrected chi connectivity index (χ2v) is 4.93. The van der Waals surface area contributed by atoms with E-state index >= 15 is 0 Å². The van der Waals surface area contributed by atoms with E-state index in [0.717, 1.165) is 4.90 Å². The fourth-order valence-electron chi connectivity index (χ4n) is 1.42. The average molecular weight is 284 g/mol. The van der Waals surface area contributed by atoms with Gasteiger partial charge in [-0.3, -0.25) is 14.4 Å². The minimum absolute atomic E-state index is 0.152. The van der Waals surface area contributed by atoms with Gasteiger partial charge in [0.15, 0.2) is 0 Å². The molecule has 0 fully saturated rings. The van der Waals surface area contributed by atoms with Crippen LogP contribution in [-0.2, 0) is 9.59 Å². The van der Waals surface area contributed by atoms with Gasteiger partial charge in [0.1, 0.15) is 6.54 Å². The zero-order valence-electron chi connectivity index (χ0n) is 10.6. The predicted octanol–water partition coefficient (Wildman–Crippen LogP) is 0.801. The second-order valence-electron chi connectivity index (χ2n) is 3.98. The molecule has 0 saturated carbocycles. The molecular formula is C12H16N2O4S. The number of carboxylic acids is 1. The van der Waals surface area contributed by atoms with Gasteiger partial charge in [-0.25, -0.2) is 0 Å². The Morgan fingerprint density at radius 2 is 2.16 bits per heavy atom. The lowest BCUT2D eigenvalue weighted by atomic mass is 10.2. The molecule has 0 bridgehead atoms. The summed E-state index contributed by atoms with van der Waals surface area (Å²) in [5.41, 5.74) is 0. The minimum atomic E-state index is -1.04. The standard InChI is InChI=1S/C12H16N2O4S/c1-14(8-11(16)17)10(15)5-2-6-13-12(18)9-4-3-7-19-9/h3-4,7H,2,5-6,8H2,1H3,(H,13,18)(H,16,17). The summed E-state index contributed by atoms with van der Waals surface area (Å²) in [6.45, 7) is 0.0871. The van der Waals surface area contributed by atoms with Crippen LogP contribution in [-0.4, -0.2) is 47.9 Å². The Morgan fingerprint density at radius 1 is 1.42 bits per heavy atom. The van der Waals surface area contributed by atoms with Crippen LogP contribution in [0.25, 0.3) is 0 Å². The van der Waals surface area contributed by atoms with Crippen molar-refractivity contribution in [2.45, 2.75) is 12.8 Å². The summed E-state index contributed by atoms with van der Waals surface area (Å²) in [6, 6.07) is 3.52. The number of aliphatic carboxylic acids is 1. The number of thiophene rings is 1. The summed E-state index contributed by atoms with van der Waals surface area (Å²) < 4.78 is 0. The van der Waals surface area contributed by atoms with Gasteiger partial charge in [-0.2, -0.15) is 0 Å². The molecule has 1 aromatic heterocycles. The molecule has 1 aromatic rings. The molecule has 0 radical (unpaired) electrons. The highest BCUT2D eigenvalue weighted by Gasteiger charge is 2.12. The van der Waals surface area contributed by atoms with Crippen LogP contribution in [0.4, 0.5) is 0 Å². The monoisotopic (exact) mass is 284 g/mol.